The van der Waals surface area contributed by atoms with Gasteiger partial charge in [0.1, 0.15) is 5.76 Å². The van der Waals surface area contributed by atoms with E-state index in [1.807, 2.05) is 0 Å². The highest BCUT2D eigenvalue weighted by atomic mass is 19.4. The minimum Gasteiger partial charge on any atom is -0.497 e. The molecule has 0 radical (unpaired) electrons. The van der Waals surface area contributed by atoms with Gasteiger partial charge < -0.3 is 4.74 Å². The molecule has 0 aliphatic heterocycles. The molecule has 1 rings (SSSR count). The molecule has 74 valence electrons. The largest absolute Gasteiger partial charge is 0.523 e. The van der Waals surface area contributed by atoms with Crippen LogP contribution in [0.25, 0.3) is 0 Å². The maximum absolute atomic E-state index is 11.7. The highest BCUT2D eigenvalue weighted by molar-refractivity contribution is 5.18. The summed E-state index contributed by atoms with van der Waals surface area (Å²) in [5, 5.41) is 0. The standard InChI is InChI=1S/C8H9F3O2/c1-12-6-2-4-7(5-3-6)13-8(9,10)11/h2-4,7H,5H2,1H3. The Morgan fingerprint density at radius 1 is 1.46 bits per heavy atom. The molecule has 0 saturated carbocycles. The second-order valence-electron chi connectivity index (χ2n) is 2.51. The number of halogens is 3. The molecule has 2 nitrogen and oxygen atoms in total. The molecule has 13 heavy (non-hydrogen) atoms. The van der Waals surface area contributed by atoms with Crippen LogP contribution in [0.3, 0.4) is 0 Å². The number of allylic oxidation sites excluding steroid dienone is 1. The Kier molecular flexibility index (Phi) is 2.98. The lowest BCUT2D eigenvalue weighted by Crippen LogP contribution is -2.22. The van der Waals surface area contributed by atoms with Gasteiger partial charge in [0.25, 0.3) is 0 Å². The number of methoxy groups -OCH3 is 1. The lowest BCUT2D eigenvalue weighted by atomic mass is 10.1. The summed E-state index contributed by atoms with van der Waals surface area (Å²) >= 11 is 0. The topological polar surface area (TPSA) is 18.5 Å². The molecule has 0 spiro atoms. The van der Waals surface area contributed by atoms with E-state index in [4.69, 9.17) is 4.74 Å². The zero-order valence-electron chi connectivity index (χ0n) is 6.97. The van der Waals surface area contributed by atoms with E-state index in [1.165, 1.54) is 19.3 Å². The van der Waals surface area contributed by atoms with E-state index in [2.05, 4.69) is 4.74 Å². The van der Waals surface area contributed by atoms with Crippen molar-refractivity contribution >= 4 is 0 Å². The number of alkyl halides is 3. The van der Waals surface area contributed by atoms with Gasteiger partial charge in [-0.25, -0.2) is 0 Å². The van der Waals surface area contributed by atoms with E-state index >= 15 is 0 Å². The van der Waals surface area contributed by atoms with Crippen molar-refractivity contribution < 1.29 is 22.6 Å². The van der Waals surface area contributed by atoms with Crippen LogP contribution in [0.15, 0.2) is 24.0 Å². The average Bonchev–Trinajstić information content (AvgIpc) is 2.03. The molecule has 0 aromatic carbocycles. The van der Waals surface area contributed by atoms with Crippen molar-refractivity contribution in [2.24, 2.45) is 0 Å². The van der Waals surface area contributed by atoms with Crippen LogP contribution in [-0.4, -0.2) is 19.6 Å². The Balaban J connectivity index is 2.44. The fourth-order valence-corrected chi connectivity index (χ4v) is 0.991. The Morgan fingerprint density at radius 3 is 2.54 bits per heavy atom. The first-order chi connectivity index (χ1) is 6.01. The maximum atomic E-state index is 11.7. The van der Waals surface area contributed by atoms with Crippen molar-refractivity contribution in [3.05, 3.63) is 24.0 Å². The summed E-state index contributed by atoms with van der Waals surface area (Å²) in [6.45, 7) is 0. The van der Waals surface area contributed by atoms with Gasteiger partial charge >= 0.3 is 6.36 Å². The van der Waals surface area contributed by atoms with Crippen LogP contribution >= 0.6 is 0 Å². The number of hydrogen-bond donors (Lipinski definition) is 0. The third-order valence-corrected chi connectivity index (χ3v) is 1.55. The molecular formula is C8H9F3O2. The van der Waals surface area contributed by atoms with Crippen molar-refractivity contribution in [3.8, 4) is 0 Å². The summed E-state index contributed by atoms with van der Waals surface area (Å²) in [5.74, 6) is 0.557. The van der Waals surface area contributed by atoms with Crippen LogP contribution in [0.2, 0.25) is 0 Å². The smallest absolute Gasteiger partial charge is 0.497 e. The number of hydrogen-bond acceptors (Lipinski definition) is 2. The minimum atomic E-state index is -4.58. The first kappa shape index (κ1) is 10.1. The maximum Gasteiger partial charge on any atom is 0.523 e. The molecule has 1 aliphatic rings. The van der Waals surface area contributed by atoms with Gasteiger partial charge in [0, 0.05) is 0 Å². The van der Waals surface area contributed by atoms with E-state index in [1.54, 1.807) is 6.08 Å². The molecule has 0 heterocycles. The van der Waals surface area contributed by atoms with Crippen molar-refractivity contribution in [2.75, 3.05) is 7.11 Å². The zero-order valence-corrected chi connectivity index (χ0v) is 6.97. The molecule has 0 fully saturated rings. The molecule has 0 amide bonds. The quantitative estimate of drug-likeness (QED) is 0.671. The van der Waals surface area contributed by atoms with Gasteiger partial charge in [0.2, 0.25) is 0 Å². The van der Waals surface area contributed by atoms with Gasteiger partial charge in [0.05, 0.1) is 13.2 Å². The lowest BCUT2D eigenvalue weighted by Gasteiger charge is -2.17. The monoisotopic (exact) mass is 194 g/mol. The predicted molar refractivity (Wildman–Crippen MR) is 39.8 cm³/mol. The number of rotatable bonds is 2. The van der Waals surface area contributed by atoms with Crippen molar-refractivity contribution in [2.45, 2.75) is 18.9 Å². The van der Waals surface area contributed by atoms with Crippen LogP contribution in [0, 0.1) is 0 Å². The zero-order chi connectivity index (χ0) is 9.90. The van der Waals surface area contributed by atoms with Crippen LogP contribution < -0.4 is 0 Å². The summed E-state index contributed by atoms with van der Waals surface area (Å²) in [5.41, 5.74) is 0. The molecule has 0 aromatic heterocycles. The van der Waals surface area contributed by atoms with Crippen molar-refractivity contribution in [3.63, 3.8) is 0 Å². The van der Waals surface area contributed by atoms with Gasteiger partial charge in [-0.1, -0.05) is 6.08 Å². The first-order valence-corrected chi connectivity index (χ1v) is 3.68. The van der Waals surface area contributed by atoms with Crippen molar-refractivity contribution in [1.29, 1.82) is 0 Å². The second kappa shape index (κ2) is 3.83. The van der Waals surface area contributed by atoms with Crippen LogP contribution in [0.4, 0.5) is 13.2 Å². The molecule has 0 N–H and O–H groups in total. The minimum absolute atomic E-state index is 0.180. The summed E-state index contributed by atoms with van der Waals surface area (Å²) in [6.07, 6.45) is -0.992. The molecule has 1 aliphatic carbocycles. The van der Waals surface area contributed by atoms with Crippen LogP contribution in [0.1, 0.15) is 6.42 Å². The summed E-state index contributed by atoms with van der Waals surface area (Å²) in [7, 11) is 1.46. The lowest BCUT2D eigenvalue weighted by molar-refractivity contribution is -0.336. The second-order valence-corrected chi connectivity index (χ2v) is 2.51. The molecule has 0 saturated heterocycles. The summed E-state index contributed by atoms with van der Waals surface area (Å²) < 4.78 is 43.7. The Morgan fingerprint density at radius 2 is 2.15 bits per heavy atom. The van der Waals surface area contributed by atoms with E-state index < -0.39 is 12.5 Å². The average molecular weight is 194 g/mol. The normalized spacial score (nSPS) is 22.8. The number of ether oxygens (including phenoxy) is 2. The fraction of sp³-hybridized carbons (Fsp3) is 0.500. The van der Waals surface area contributed by atoms with Gasteiger partial charge in [0.15, 0.2) is 0 Å². The fourth-order valence-electron chi connectivity index (χ4n) is 0.991. The Bertz CT molecular complexity index is 230. The third-order valence-electron chi connectivity index (χ3n) is 1.55. The SMILES string of the molecule is COC1=CCC(OC(F)(F)F)C=C1. The van der Waals surface area contributed by atoms with E-state index in [0.717, 1.165) is 0 Å². The highest BCUT2D eigenvalue weighted by Gasteiger charge is 2.32. The third kappa shape index (κ3) is 3.50. The van der Waals surface area contributed by atoms with Gasteiger partial charge in [-0.15, -0.1) is 13.2 Å². The molecule has 0 aromatic rings. The molecule has 0 bridgehead atoms. The molecular weight excluding hydrogens is 185 g/mol. The Labute approximate surface area is 73.6 Å². The summed E-state index contributed by atoms with van der Waals surface area (Å²) in [4.78, 5) is 0. The van der Waals surface area contributed by atoms with Gasteiger partial charge in [-0.2, -0.15) is 0 Å². The van der Waals surface area contributed by atoms with Gasteiger partial charge in [-0.05, 0) is 18.6 Å². The van der Waals surface area contributed by atoms with Crippen LogP contribution in [-0.2, 0) is 9.47 Å². The van der Waals surface area contributed by atoms with Gasteiger partial charge in [-0.3, -0.25) is 4.74 Å². The van der Waals surface area contributed by atoms with E-state index in [9.17, 15) is 13.2 Å². The Hall–Kier alpha value is -0.970. The molecule has 1 atom stereocenters. The first-order valence-electron chi connectivity index (χ1n) is 3.68. The highest BCUT2D eigenvalue weighted by Crippen LogP contribution is 2.23. The predicted octanol–water partition coefficient (Wildman–Crippen LogP) is 2.38. The molecule has 5 heteroatoms. The van der Waals surface area contributed by atoms with Crippen molar-refractivity contribution in [1.82, 2.24) is 0 Å². The molecule has 1 unspecified atom stereocenters. The summed E-state index contributed by atoms with van der Waals surface area (Å²) in [6, 6.07) is 0. The van der Waals surface area contributed by atoms with Crippen LogP contribution in [0.5, 0.6) is 0 Å². The van der Waals surface area contributed by atoms with E-state index in [-0.39, 0.29) is 6.42 Å². The van der Waals surface area contributed by atoms with E-state index in [0.29, 0.717) is 5.76 Å².